The van der Waals surface area contributed by atoms with Crippen molar-refractivity contribution < 1.29 is 9.53 Å². The number of ether oxygens (including phenoxy) is 1. The summed E-state index contributed by atoms with van der Waals surface area (Å²) in [6, 6.07) is 1.77. The first kappa shape index (κ1) is 9.51. The number of carbonyl (C=O) groups excluding carboxylic acids is 1. The summed E-state index contributed by atoms with van der Waals surface area (Å²) < 4.78 is 6.39. The summed E-state index contributed by atoms with van der Waals surface area (Å²) in [7, 11) is 3.17. The number of rotatable bonds is 2. The molecule has 0 fully saturated rings. The Kier molecular flexibility index (Phi) is 2.29. The third-order valence-corrected chi connectivity index (χ3v) is 2.23. The van der Waals surface area contributed by atoms with Crippen molar-refractivity contribution in [2.75, 3.05) is 7.11 Å². The number of aromatic nitrogens is 3. The molecule has 0 spiro atoms. The lowest BCUT2D eigenvalue weighted by atomic mass is 10.2. The topological polar surface area (TPSA) is 59.9 Å². The van der Waals surface area contributed by atoms with E-state index in [9.17, 15) is 4.79 Å². The molecule has 0 atom stereocenters. The Balaban J connectivity index is 2.41. The fourth-order valence-corrected chi connectivity index (χ4v) is 1.44. The number of hydrogen-bond acceptors (Lipinski definition) is 3. The molecule has 0 bridgehead atoms. The van der Waals surface area contributed by atoms with Crippen LogP contribution in [0.4, 0.5) is 0 Å². The van der Waals surface area contributed by atoms with Crippen molar-refractivity contribution in [1.82, 2.24) is 14.8 Å². The third kappa shape index (κ3) is 1.63. The second-order valence-electron chi connectivity index (χ2n) is 3.20. The van der Waals surface area contributed by atoms with E-state index in [1.807, 2.05) is 6.20 Å². The van der Waals surface area contributed by atoms with Gasteiger partial charge in [-0.1, -0.05) is 0 Å². The molecule has 2 heterocycles. The predicted octanol–water partition coefficient (Wildman–Crippen LogP) is 1.20. The van der Waals surface area contributed by atoms with Crippen LogP contribution in [0.15, 0.2) is 24.7 Å². The second-order valence-corrected chi connectivity index (χ2v) is 3.20. The third-order valence-electron chi connectivity index (χ3n) is 2.23. The van der Waals surface area contributed by atoms with E-state index in [1.165, 1.54) is 7.11 Å². The van der Waals surface area contributed by atoms with Gasteiger partial charge in [0.25, 0.3) is 0 Å². The highest BCUT2D eigenvalue weighted by molar-refractivity contribution is 5.89. The molecule has 15 heavy (non-hydrogen) atoms. The molecule has 0 aliphatic carbocycles. The number of esters is 1. The number of hydrogen-bond donors (Lipinski definition) is 1. The zero-order valence-electron chi connectivity index (χ0n) is 8.52. The molecule has 78 valence electrons. The number of aromatic amines is 1. The molecule has 5 heteroatoms. The van der Waals surface area contributed by atoms with E-state index in [2.05, 4.69) is 14.9 Å². The van der Waals surface area contributed by atoms with Crippen molar-refractivity contribution in [1.29, 1.82) is 0 Å². The van der Waals surface area contributed by atoms with Gasteiger partial charge in [0.1, 0.15) is 5.69 Å². The Morgan fingerprint density at radius 1 is 1.53 bits per heavy atom. The summed E-state index contributed by atoms with van der Waals surface area (Å²) in [6.07, 6.45) is 5.34. The van der Waals surface area contributed by atoms with Crippen molar-refractivity contribution in [3.05, 3.63) is 30.4 Å². The van der Waals surface area contributed by atoms with Crippen LogP contribution in [0, 0.1) is 0 Å². The van der Waals surface area contributed by atoms with Crippen LogP contribution < -0.4 is 0 Å². The van der Waals surface area contributed by atoms with Gasteiger partial charge in [0.15, 0.2) is 0 Å². The van der Waals surface area contributed by atoms with Crippen molar-refractivity contribution in [2.24, 2.45) is 7.05 Å². The summed E-state index contributed by atoms with van der Waals surface area (Å²) in [4.78, 5) is 11.4. The van der Waals surface area contributed by atoms with Crippen LogP contribution in [-0.4, -0.2) is 27.8 Å². The molecule has 0 radical (unpaired) electrons. The molecule has 0 saturated carbocycles. The SMILES string of the molecule is COC(=O)c1cc(-c2cn[nH]c2)cn1C. The maximum atomic E-state index is 11.4. The highest BCUT2D eigenvalue weighted by Gasteiger charge is 2.12. The molecule has 2 aromatic heterocycles. The molecule has 5 nitrogen and oxygen atoms in total. The standard InChI is InChI=1S/C10H11N3O2/c1-13-6-7(8-4-11-12-5-8)3-9(13)10(14)15-2/h3-6H,1-2H3,(H,11,12). The van der Waals surface area contributed by atoms with Crippen molar-refractivity contribution >= 4 is 5.97 Å². The monoisotopic (exact) mass is 205 g/mol. The van der Waals surface area contributed by atoms with Crippen LogP contribution in [0.2, 0.25) is 0 Å². The largest absolute Gasteiger partial charge is 0.464 e. The Bertz CT molecular complexity index is 471. The molecule has 0 aliphatic rings. The molecular weight excluding hydrogens is 194 g/mol. The maximum Gasteiger partial charge on any atom is 0.354 e. The zero-order chi connectivity index (χ0) is 10.8. The Hall–Kier alpha value is -2.04. The number of aryl methyl sites for hydroxylation is 1. The molecule has 0 amide bonds. The average molecular weight is 205 g/mol. The molecule has 2 rings (SSSR count). The van der Waals surface area contributed by atoms with Crippen molar-refractivity contribution in [2.45, 2.75) is 0 Å². The summed E-state index contributed by atoms with van der Waals surface area (Å²) in [6.45, 7) is 0. The maximum absolute atomic E-state index is 11.4. The first-order valence-corrected chi connectivity index (χ1v) is 4.46. The quantitative estimate of drug-likeness (QED) is 0.749. The van der Waals surface area contributed by atoms with Crippen LogP contribution in [-0.2, 0) is 11.8 Å². The first-order valence-electron chi connectivity index (χ1n) is 4.46. The fourth-order valence-electron chi connectivity index (χ4n) is 1.44. The molecule has 2 aromatic rings. The number of H-pyrrole nitrogens is 1. The highest BCUT2D eigenvalue weighted by Crippen LogP contribution is 2.20. The normalized spacial score (nSPS) is 10.3. The van der Waals surface area contributed by atoms with Gasteiger partial charge in [0.05, 0.1) is 13.3 Å². The van der Waals surface area contributed by atoms with Gasteiger partial charge in [-0.05, 0) is 6.07 Å². The molecule has 0 aliphatic heterocycles. The minimum atomic E-state index is -0.341. The summed E-state index contributed by atoms with van der Waals surface area (Å²) >= 11 is 0. The van der Waals surface area contributed by atoms with Gasteiger partial charge in [-0.15, -0.1) is 0 Å². The smallest absolute Gasteiger partial charge is 0.354 e. The van der Waals surface area contributed by atoms with Crippen molar-refractivity contribution in [3.63, 3.8) is 0 Å². The molecule has 0 aromatic carbocycles. The average Bonchev–Trinajstić information content (AvgIpc) is 2.84. The highest BCUT2D eigenvalue weighted by atomic mass is 16.5. The summed E-state index contributed by atoms with van der Waals surface area (Å²) in [5.41, 5.74) is 2.40. The molecule has 1 N–H and O–H groups in total. The first-order chi connectivity index (χ1) is 7.22. The zero-order valence-corrected chi connectivity index (χ0v) is 8.52. The fraction of sp³-hybridized carbons (Fsp3) is 0.200. The van der Waals surface area contributed by atoms with Gasteiger partial charge in [0, 0.05) is 30.6 Å². The summed E-state index contributed by atoms with van der Waals surface area (Å²) in [5, 5.41) is 6.58. The molecular formula is C10H11N3O2. The van der Waals surface area contributed by atoms with Gasteiger partial charge in [-0.25, -0.2) is 4.79 Å². The molecule has 0 unspecified atom stereocenters. The number of methoxy groups -OCH3 is 1. The van der Waals surface area contributed by atoms with Crippen LogP contribution in [0.25, 0.3) is 11.1 Å². The predicted molar refractivity (Wildman–Crippen MR) is 54.3 cm³/mol. The van der Waals surface area contributed by atoms with E-state index < -0.39 is 0 Å². The van der Waals surface area contributed by atoms with Gasteiger partial charge in [-0.2, -0.15) is 5.10 Å². The lowest BCUT2D eigenvalue weighted by molar-refractivity contribution is 0.0590. The van der Waals surface area contributed by atoms with Gasteiger partial charge in [0.2, 0.25) is 0 Å². The van der Waals surface area contributed by atoms with E-state index in [0.29, 0.717) is 5.69 Å². The van der Waals surface area contributed by atoms with Crippen molar-refractivity contribution in [3.8, 4) is 11.1 Å². The van der Waals surface area contributed by atoms with Gasteiger partial charge >= 0.3 is 5.97 Å². The van der Waals surface area contributed by atoms with Gasteiger partial charge in [-0.3, -0.25) is 5.10 Å². The van der Waals surface area contributed by atoms with Crippen LogP contribution in [0.5, 0.6) is 0 Å². The minimum Gasteiger partial charge on any atom is -0.464 e. The van der Waals surface area contributed by atoms with E-state index in [-0.39, 0.29) is 5.97 Å². The number of carbonyl (C=O) groups is 1. The minimum absolute atomic E-state index is 0.341. The second kappa shape index (κ2) is 3.61. The van der Waals surface area contributed by atoms with E-state index in [4.69, 9.17) is 0 Å². The number of nitrogens with zero attached hydrogens (tertiary/aromatic N) is 2. The Labute approximate surface area is 86.7 Å². The summed E-state index contributed by atoms with van der Waals surface area (Å²) in [5.74, 6) is -0.341. The van der Waals surface area contributed by atoms with Crippen LogP contribution in [0.1, 0.15) is 10.5 Å². The van der Waals surface area contributed by atoms with E-state index >= 15 is 0 Å². The lowest BCUT2D eigenvalue weighted by Crippen LogP contribution is -2.06. The number of nitrogens with one attached hydrogen (secondary N) is 1. The van der Waals surface area contributed by atoms with Crippen LogP contribution in [0.3, 0.4) is 0 Å². The van der Waals surface area contributed by atoms with Gasteiger partial charge < -0.3 is 9.30 Å². The Morgan fingerprint density at radius 2 is 2.33 bits per heavy atom. The van der Waals surface area contributed by atoms with E-state index in [0.717, 1.165) is 11.1 Å². The molecule has 0 saturated heterocycles. The lowest BCUT2D eigenvalue weighted by Gasteiger charge is -1.98. The van der Waals surface area contributed by atoms with Crippen LogP contribution >= 0.6 is 0 Å². The Morgan fingerprint density at radius 3 is 2.93 bits per heavy atom. The van der Waals surface area contributed by atoms with E-state index in [1.54, 1.807) is 30.1 Å².